The average Bonchev–Trinajstić information content (AvgIpc) is 3.19. The predicted octanol–water partition coefficient (Wildman–Crippen LogP) is 2.04. The summed E-state index contributed by atoms with van der Waals surface area (Å²) in [4.78, 5) is 22.5. The summed E-state index contributed by atoms with van der Waals surface area (Å²) in [7, 11) is 0. The second-order valence-corrected chi connectivity index (χ2v) is 5.09. The Labute approximate surface area is 114 Å². The third kappa shape index (κ3) is 1.69. The Morgan fingerprint density at radius 2 is 1.95 bits per heavy atom. The van der Waals surface area contributed by atoms with E-state index in [1.165, 1.54) is 6.07 Å². The molecule has 2 aliphatic rings. The Bertz CT molecular complexity index is 577. The third-order valence-electron chi connectivity index (χ3n) is 3.56. The Balaban J connectivity index is 2.25. The van der Waals surface area contributed by atoms with Crippen molar-refractivity contribution in [2.45, 2.75) is 18.3 Å². The number of ether oxygens (including phenoxy) is 2. The van der Waals surface area contributed by atoms with Crippen molar-refractivity contribution in [2.75, 3.05) is 13.2 Å². The first-order chi connectivity index (χ1) is 9.10. The standard InChI is InChI=1S/C13H11ClO5/c14-8-5-7(6-15)10-11(19-4-3-18-10)9(8)13(1-2-13)12(16)17/h5-6H,1-4H2,(H,16,17). The van der Waals surface area contributed by atoms with Crippen LogP contribution in [0.5, 0.6) is 11.5 Å². The Hall–Kier alpha value is -1.75. The van der Waals surface area contributed by atoms with Crippen molar-refractivity contribution < 1.29 is 24.2 Å². The molecule has 0 radical (unpaired) electrons. The summed E-state index contributed by atoms with van der Waals surface area (Å²) in [6.07, 6.45) is 1.65. The molecule has 6 heteroatoms. The zero-order chi connectivity index (χ0) is 13.6. The van der Waals surface area contributed by atoms with Gasteiger partial charge in [0, 0.05) is 10.6 Å². The lowest BCUT2D eigenvalue weighted by molar-refractivity contribution is -0.140. The molecule has 0 bridgehead atoms. The van der Waals surface area contributed by atoms with Crippen LogP contribution in [0.4, 0.5) is 0 Å². The molecule has 0 aromatic heterocycles. The topological polar surface area (TPSA) is 72.8 Å². The smallest absolute Gasteiger partial charge is 0.314 e. The van der Waals surface area contributed by atoms with Crippen molar-refractivity contribution in [2.24, 2.45) is 0 Å². The van der Waals surface area contributed by atoms with E-state index in [2.05, 4.69) is 0 Å². The monoisotopic (exact) mass is 282 g/mol. The molecule has 1 fully saturated rings. The van der Waals surface area contributed by atoms with Crippen LogP contribution in [0, 0.1) is 0 Å². The maximum absolute atomic E-state index is 11.5. The van der Waals surface area contributed by atoms with E-state index in [9.17, 15) is 14.7 Å². The summed E-state index contributed by atoms with van der Waals surface area (Å²) in [5, 5.41) is 9.63. The first-order valence-electron chi connectivity index (χ1n) is 5.91. The summed E-state index contributed by atoms with van der Waals surface area (Å²) in [5.74, 6) is -0.321. The van der Waals surface area contributed by atoms with Crippen LogP contribution in [0.1, 0.15) is 28.8 Å². The number of carboxylic acid groups (broad SMARTS) is 1. The quantitative estimate of drug-likeness (QED) is 0.859. The fraction of sp³-hybridized carbons (Fsp3) is 0.385. The number of carbonyl (C=O) groups is 2. The fourth-order valence-electron chi connectivity index (χ4n) is 2.43. The van der Waals surface area contributed by atoms with Gasteiger partial charge in [-0.25, -0.2) is 0 Å². The molecule has 100 valence electrons. The highest BCUT2D eigenvalue weighted by atomic mass is 35.5. The van der Waals surface area contributed by atoms with Gasteiger partial charge in [0.05, 0.1) is 11.0 Å². The minimum absolute atomic E-state index is 0.242. The molecule has 0 spiro atoms. The summed E-state index contributed by atoms with van der Waals surface area (Å²) in [6.45, 7) is 0.642. The van der Waals surface area contributed by atoms with E-state index in [0.29, 0.717) is 49.4 Å². The van der Waals surface area contributed by atoms with Gasteiger partial charge in [0.25, 0.3) is 0 Å². The molecule has 5 nitrogen and oxygen atoms in total. The van der Waals surface area contributed by atoms with Crippen LogP contribution in [0.15, 0.2) is 6.07 Å². The molecule has 19 heavy (non-hydrogen) atoms. The van der Waals surface area contributed by atoms with Gasteiger partial charge in [0.2, 0.25) is 0 Å². The van der Waals surface area contributed by atoms with E-state index in [4.69, 9.17) is 21.1 Å². The molecule has 0 unspecified atom stereocenters. The Morgan fingerprint density at radius 1 is 1.32 bits per heavy atom. The van der Waals surface area contributed by atoms with Crippen molar-refractivity contribution in [3.05, 3.63) is 22.2 Å². The first-order valence-corrected chi connectivity index (χ1v) is 6.29. The molecule has 1 aromatic rings. The van der Waals surface area contributed by atoms with Gasteiger partial charge >= 0.3 is 5.97 Å². The third-order valence-corrected chi connectivity index (χ3v) is 3.86. The number of carbonyl (C=O) groups excluding carboxylic acids is 1. The number of hydrogen-bond donors (Lipinski definition) is 1. The van der Waals surface area contributed by atoms with Crippen LogP contribution in [0.3, 0.4) is 0 Å². The van der Waals surface area contributed by atoms with E-state index in [-0.39, 0.29) is 10.6 Å². The molecule has 1 saturated carbocycles. The number of rotatable bonds is 3. The highest BCUT2D eigenvalue weighted by Gasteiger charge is 2.55. The van der Waals surface area contributed by atoms with E-state index >= 15 is 0 Å². The van der Waals surface area contributed by atoms with E-state index in [1.54, 1.807) is 0 Å². The SMILES string of the molecule is O=Cc1cc(Cl)c(C2(C(=O)O)CC2)c2c1OCCO2. The van der Waals surface area contributed by atoms with Crippen LogP contribution < -0.4 is 9.47 Å². The van der Waals surface area contributed by atoms with Gasteiger partial charge in [-0.2, -0.15) is 0 Å². The Kier molecular flexibility index (Phi) is 2.67. The molecule has 1 aromatic carbocycles. The van der Waals surface area contributed by atoms with Crippen LogP contribution in [-0.4, -0.2) is 30.6 Å². The first kappa shape index (κ1) is 12.3. The molecule has 1 aliphatic carbocycles. The predicted molar refractivity (Wildman–Crippen MR) is 66.4 cm³/mol. The number of carboxylic acids is 1. The molecule has 1 aliphatic heterocycles. The van der Waals surface area contributed by atoms with Crippen LogP contribution in [0.25, 0.3) is 0 Å². The molecule has 3 rings (SSSR count). The maximum Gasteiger partial charge on any atom is 0.314 e. The fourth-order valence-corrected chi connectivity index (χ4v) is 2.81. The highest BCUT2D eigenvalue weighted by molar-refractivity contribution is 6.32. The lowest BCUT2D eigenvalue weighted by Crippen LogP contribution is -2.25. The van der Waals surface area contributed by atoms with Gasteiger partial charge in [0.15, 0.2) is 17.8 Å². The van der Waals surface area contributed by atoms with Gasteiger partial charge in [-0.05, 0) is 18.9 Å². The number of aldehydes is 1. The molecule has 1 N–H and O–H groups in total. The molecule has 0 amide bonds. The van der Waals surface area contributed by atoms with Gasteiger partial charge in [-0.3, -0.25) is 9.59 Å². The second kappa shape index (κ2) is 4.13. The van der Waals surface area contributed by atoms with E-state index < -0.39 is 11.4 Å². The molecular weight excluding hydrogens is 272 g/mol. The van der Waals surface area contributed by atoms with Gasteiger partial charge in [0.1, 0.15) is 13.2 Å². The summed E-state index contributed by atoms with van der Waals surface area (Å²) >= 11 is 6.16. The van der Waals surface area contributed by atoms with Crippen LogP contribution in [0.2, 0.25) is 5.02 Å². The maximum atomic E-state index is 11.5. The molecule has 0 saturated heterocycles. The van der Waals surface area contributed by atoms with Crippen molar-refractivity contribution >= 4 is 23.9 Å². The zero-order valence-electron chi connectivity index (χ0n) is 9.94. The number of hydrogen-bond acceptors (Lipinski definition) is 4. The van der Waals surface area contributed by atoms with Crippen molar-refractivity contribution in [3.8, 4) is 11.5 Å². The van der Waals surface area contributed by atoms with Gasteiger partial charge < -0.3 is 14.6 Å². The zero-order valence-corrected chi connectivity index (χ0v) is 10.7. The van der Waals surface area contributed by atoms with Crippen LogP contribution >= 0.6 is 11.6 Å². The van der Waals surface area contributed by atoms with E-state index in [1.807, 2.05) is 0 Å². The largest absolute Gasteiger partial charge is 0.486 e. The number of fused-ring (bicyclic) bond motifs is 1. The minimum atomic E-state index is -0.997. The minimum Gasteiger partial charge on any atom is -0.486 e. The highest BCUT2D eigenvalue weighted by Crippen LogP contribution is 2.57. The van der Waals surface area contributed by atoms with E-state index in [0.717, 1.165) is 0 Å². The Morgan fingerprint density at radius 3 is 2.47 bits per heavy atom. The van der Waals surface area contributed by atoms with Crippen molar-refractivity contribution in [3.63, 3.8) is 0 Å². The number of halogens is 1. The van der Waals surface area contributed by atoms with Gasteiger partial charge in [-0.1, -0.05) is 11.6 Å². The number of benzene rings is 1. The van der Waals surface area contributed by atoms with Crippen molar-refractivity contribution in [1.82, 2.24) is 0 Å². The lowest BCUT2D eigenvalue weighted by Gasteiger charge is -2.25. The number of aliphatic carboxylic acids is 1. The summed E-state index contributed by atoms with van der Waals surface area (Å²) in [6, 6.07) is 1.44. The molecule has 0 atom stereocenters. The molecular formula is C13H11ClO5. The molecule has 1 heterocycles. The average molecular weight is 283 g/mol. The summed E-state index contributed by atoms with van der Waals surface area (Å²) < 4.78 is 11.0. The normalized spacial score (nSPS) is 18.8. The van der Waals surface area contributed by atoms with Crippen LogP contribution in [-0.2, 0) is 10.2 Å². The van der Waals surface area contributed by atoms with Crippen molar-refractivity contribution in [1.29, 1.82) is 0 Å². The summed E-state index contributed by atoms with van der Waals surface area (Å²) in [5.41, 5.74) is -0.282. The lowest BCUT2D eigenvalue weighted by atomic mass is 9.93. The van der Waals surface area contributed by atoms with Gasteiger partial charge in [-0.15, -0.1) is 0 Å². The second-order valence-electron chi connectivity index (χ2n) is 4.68.